The van der Waals surface area contributed by atoms with Crippen LogP contribution in [0.1, 0.15) is 33.6 Å². The largest absolute Gasteiger partial charge is 0.353 e. The SMILES string of the molecule is C/C=C(/CC(C)CC)N=C1SCCN1C. The Morgan fingerprint density at radius 1 is 1.67 bits per heavy atom. The topological polar surface area (TPSA) is 15.6 Å². The second-order valence-electron chi connectivity index (χ2n) is 4.16. The van der Waals surface area contributed by atoms with Gasteiger partial charge in [0, 0.05) is 25.0 Å². The molecule has 0 spiro atoms. The van der Waals surface area contributed by atoms with Crippen molar-refractivity contribution in [1.29, 1.82) is 0 Å². The van der Waals surface area contributed by atoms with E-state index in [1.807, 2.05) is 11.8 Å². The summed E-state index contributed by atoms with van der Waals surface area (Å²) in [6.45, 7) is 7.74. The quantitative estimate of drug-likeness (QED) is 0.730. The molecule has 0 radical (unpaired) electrons. The first-order valence-electron chi connectivity index (χ1n) is 5.75. The van der Waals surface area contributed by atoms with Crippen LogP contribution in [0.25, 0.3) is 0 Å². The molecule has 0 bridgehead atoms. The van der Waals surface area contributed by atoms with Crippen LogP contribution in [0.2, 0.25) is 0 Å². The van der Waals surface area contributed by atoms with Gasteiger partial charge in [0.25, 0.3) is 0 Å². The fraction of sp³-hybridized carbons (Fsp3) is 0.750. The van der Waals surface area contributed by atoms with Crippen molar-refractivity contribution in [3.8, 4) is 0 Å². The van der Waals surface area contributed by atoms with Crippen LogP contribution < -0.4 is 0 Å². The smallest absolute Gasteiger partial charge is 0.163 e. The molecule has 3 heteroatoms. The van der Waals surface area contributed by atoms with E-state index < -0.39 is 0 Å². The van der Waals surface area contributed by atoms with Crippen molar-refractivity contribution in [2.45, 2.75) is 33.6 Å². The number of hydrogen-bond donors (Lipinski definition) is 0. The molecule has 0 saturated carbocycles. The Bertz CT molecular complexity index is 258. The molecule has 0 aliphatic carbocycles. The lowest BCUT2D eigenvalue weighted by atomic mass is 10.0. The second kappa shape index (κ2) is 6.21. The molecule has 0 aromatic heterocycles. The molecule has 0 aromatic carbocycles. The molecule has 1 fully saturated rings. The Labute approximate surface area is 97.8 Å². The molecule has 0 amide bonds. The minimum Gasteiger partial charge on any atom is -0.353 e. The number of nitrogens with zero attached hydrogens (tertiary/aromatic N) is 2. The highest BCUT2D eigenvalue weighted by Crippen LogP contribution is 2.21. The zero-order chi connectivity index (χ0) is 11.3. The summed E-state index contributed by atoms with van der Waals surface area (Å²) in [6.07, 6.45) is 4.47. The Kier molecular flexibility index (Phi) is 5.23. The summed E-state index contributed by atoms with van der Waals surface area (Å²) >= 11 is 1.86. The first-order chi connectivity index (χ1) is 7.17. The molecule has 1 aliphatic rings. The number of amidine groups is 1. The summed E-state index contributed by atoms with van der Waals surface area (Å²) < 4.78 is 0. The molecule has 1 heterocycles. The van der Waals surface area contributed by atoms with Crippen molar-refractivity contribution in [3.63, 3.8) is 0 Å². The summed E-state index contributed by atoms with van der Waals surface area (Å²) in [5.74, 6) is 1.91. The zero-order valence-corrected chi connectivity index (χ0v) is 11.1. The maximum atomic E-state index is 4.73. The van der Waals surface area contributed by atoms with Crippen LogP contribution in [-0.4, -0.2) is 29.4 Å². The van der Waals surface area contributed by atoms with E-state index in [9.17, 15) is 0 Å². The third-order valence-electron chi connectivity index (χ3n) is 2.81. The number of allylic oxidation sites excluding steroid dienone is 2. The lowest BCUT2D eigenvalue weighted by Crippen LogP contribution is -2.18. The maximum Gasteiger partial charge on any atom is 0.163 e. The van der Waals surface area contributed by atoms with E-state index in [0.29, 0.717) is 0 Å². The molecular weight excluding hydrogens is 204 g/mol. The van der Waals surface area contributed by atoms with Gasteiger partial charge in [0.15, 0.2) is 5.17 Å². The highest BCUT2D eigenvalue weighted by molar-refractivity contribution is 8.14. The summed E-state index contributed by atoms with van der Waals surface area (Å²) in [4.78, 5) is 6.97. The second-order valence-corrected chi connectivity index (χ2v) is 5.22. The zero-order valence-electron chi connectivity index (χ0n) is 10.3. The lowest BCUT2D eigenvalue weighted by molar-refractivity contribution is 0.545. The fourth-order valence-electron chi connectivity index (χ4n) is 1.45. The molecule has 0 N–H and O–H groups in total. The van der Waals surface area contributed by atoms with Crippen LogP contribution in [0.3, 0.4) is 0 Å². The van der Waals surface area contributed by atoms with E-state index in [2.05, 4.69) is 38.8 Å². The maximum absolute atomic E-state index is 4.73. The van der Waals surface area contributed by atoms with E-state index in [0.717, 1.165) is 18.9 Å². The molecule has 86 valence electrons. The minimum atomic E-state index is 0.734. The molecule has 15 heavy (non-hydrogen) atoms. The van der Waals surface area contributed by atoms with E-state index in [1.165, 1.54) is 23.0 Å². The van der Waals surface area contributed by atoms with Crippen LogP contribution in [0.15, 0.2) is 16.8 Å². The van der Waals surface area contributed by atoms with Gasteiger partial charge in [0.2, 0.25) is 0 Å². The lowest BCUT2D eigenvalue weighted by Gasteiger charge is -2.13. The monoisotopic (exact) mass is 226 g/mol. The number of hydrogen-bond acceptors (Lipinski definition) is 2. The van der Waals surface area contributed by atoms with Crippen LogP contribution in [0.5, 0.6) is 0 Å². The summed E-state index contributed by atoms with van der Waals surface area (Å²) in [5, 5.41) is 1.19. The Balaban J connectivity index is 2.60. The predicted octanol–water partition coefficient (Wildman–Crippen LogP) is 3.36. The van der Waals surface area contributed by atoms with E-state index >= 15 is 0 Å². The van der Waals surface area contributed by atoms with Gasteiger partial charge in [-0.1, -0.05) is 38.1 Å². The number of thioether (sulfide) groups is 1. The van der Waals surface area contributed by atoms with Gasteiger partial charge < -0.3 is 4.90 Å². The van der Waals surface area contributed by atoms with Crippen LogP contribution in [0, 0.1) is 5.92 Å². The Morgan fingerprint density at radius 2 is 2.40 bits per heavy atom. The highest BCUT2D eigenvalue weighted by Gasteiger charge is 2.15. The number of rotatable bonds is 4. The summed E-state index contributed by atoms with van der Waals surface area (Å²) in [6, 6.07) is 0. The van der Waals surface area contributed by atoms with E-state index in [1.54, 1.807) is 0 Å². The van der Waals surface area contributed by atoms with Gasteiger partial charge in [-0.05, 0) is 19.3 Å². The van der Waals surface area contributed by atoms with E-state index in [-0.39, 0.29) is 0 Å². The highest BCUT2D eigenvalue weighted by atomic mass is 32.2. The van der Waals surface area contributed by atoms with Gasteiger partial charge in [0.1, 0.15) is 0 Å². The third-order valence-corrected chi connectivity index (χ3v) is 3.86. The van der Waals surface area contributed by atoms with Gasteiger partial charge in [-0.2, -0.15) is 0 Å². The standard InChI is InChI=1S/C12H22N2S/c1-5-10(3)9-11(6-2)13-12-14(4)7-8-15-12/h6,10H,5,7-9H2,1-4H3/b11-6-,13-12?. The fourth-order valence-corrected chi connectivity index (χ4v) is 2.49. The molecular formula is C12H22N2S. The van der Waals surface area contributed by atoms with Crippen molar-refractivity contribution in [1.82, 2.24) is 4.90 Å². The molecule has 1 atom stereocenters. The molecule has 2 nitrogen and oxygen atoms in total. The van der Waals surface area contributed by atoms with Gasteiger partial charge in [0.05, 0.1) is 0 Å². The van der Waals surface area contributed by atoms with Crippen LogP contribution in [0.4, 0.5) is 0 Å². The Morgan fingerprint density at radius 3 is 2.87 bits per heavy atom. The third kappa shape index (κ3) is 3.90. The van der Waals surface area contributed by atoms with Gasteiger partial charge in [-0.15, -0.1) is 0 Å². The molecule has 1 rings (SSSR count). The number of aliphatic imine (C=N–C) groups is 1. The molecule has 1 saturated heterocycles. The van der Waals surface area contributed by atoms with Crippen molar-refractivity contribution in [2.75, 3.05) is 19.3 Å². The average Bonchev–Trinajstić information content (AvgIpc) is 2.63. The van der Waals surface area contributed by atoms with Crippen molar-refractivity contribution in [2.24, 2.45) is 10.9 Å². The van der Waals surface area contributed by atoms with Crippen LogP contribution in [-0.2, 0) is 0 Å². The predicted molar refractivity (Wildman–Crippen MR) is 70.4 cm³/mol. The van der Waals surface area contributed by atoms with Crippen molar-refractivity contribution < 1.29 is 0 Å². The van der Waals surface area contributed by atoms with Gasteiger partial charge in [-0.3, -0.25) is 0 Å². The molecule has 1 unspecified atom stereocenters. The van der Waals surface area contributed by atoms with Crippen molar-refractivity contribution >= 4 is 16.9 Å². The average molecular weight is 226 g/mol. The minimum absolute atomic E-state index is 0.734. The van der Waals surface area contributed by atoms with Gasteiger partial charge >= 0.3 is 0 Å². The Hall–Kier alpha value is -0.440. The van der Waals surface area contributed by atoms with Gasteiger partial charge in [-0.25, -0.2) is 4.99 Å². The summed E-state index contributed by atoms with van der Waals surface area (Å²) in [5.41, 5.74) is 1.24. The van der Waals surface area contributed by atoms with E-state index in [4.69, 9.17) is 4.99 Å². The molecule has 0 aromatic rings. The van der Waals surface area contributed by atoms with Crippen LogP contribution >= 0.6 is 11.8 Å². The first kappa shape index (κ1) is 12.6. The molecule has 1 aliphatic heterocycles. The first-order valence-corrected chi connectivity index (χ1v) is 6.73. The van der Waals surface area contributed by atoms with Crippen molar-refractivity contribution in [3.05, 3.63) is 11.8 Å². The normalized spacial score (nSPS) is 22.5. The summed E-state index contributed by atoms with van der Waals surface area (Å²) in [7, 11) is 2.12.